The fourth-order valence-corrected chi connectivity index (χ4v) is 6.98. The highest BCUT2D eigenvalue weighted by Gasteiger charge is 2.37. The monoisotopic (exact) mass is 643 g/mol. The smallest absolute Gasteiger partial charge is 0.338 e. The lowest BCUT2D eigenvalue weighted by molar-refractivity contribution is -0.139. The van der Waals surface area contributed by atoms with Crippen molar-refractivity contribution in [1.82, 2.24) is 4.57 Å². The number of amides is 1. The molecule has 0 fully saturated rings. The van der Waals surface area contributed by atoms with E-state index in [1.165, 1.54) is 4.57 Å². The second-order valence-electron chi connectivity index (χ2n) is 10.4. The molecule has 9 nitrogen and oxygen atoms in total. The normalized spacial score (nSPS) is 16.7. The van der Waals surface area contributed by atoms with Crippen LogP contribution in [0, 0.1) is 0 Å². The van der Waals surface area contributed by atoms with Crippen molar-refractivity contribution < 1.29 is 23.8 Å². The lowest BCUT2D eigenvalue weighted by atomic mass is 9.95. The van der Waals surface area contributed by atoms with Gasteiger partial charge in [-0.15, -0.1) is 0 Å². The maximum atomic E-state index is 14.5. The number of hydrogen-bond acceptors (Lipinski definition) is 8. The third-order valence-electron chi connectivity index (χ3n) is 7.70. The van der Waals surface area contributed by atoms with E-state index in [-0.39, 0.29) is 22.6 Å². The van der Waals surface area contributed by atoms with Gasteiger partial charge in [0.15, 0.2) is 16.3 Å². The van der Waals surface area contributed by atoms with Gasteiger partial charge in [0, 0.05) is 10.6 Å². The van der Waals surface area contributed by atoms with E-state index < -0.39 is 17.6 Å². The van der Waals surface area contributed by atoms with Crippen molar-refractivity contribution in [1.29, 1.82) is 0 Å². The van der Waals surface area contributed by atoms with Gasteiger partial charge in [-0.05, 0) is 62.2 Å². The number of halogens is 1. The van der Waals surface area contributed by atoms with E-state index in [1.54, 1.807) is 56.2 Å². The number of ether oxygens (including phenoxy) is 3. The Morgan fingerprint density at radius 2 is 1.76 bits per heavy atom. The van der Waals surface area contributed by atoms with E-state index >= 15 is 0 Å². The number of aromatic nitrogens is 1. The Balaban J connectivity index is 1.57. The van der Waals surface area contributed by atoms with Crippen molar-refractivity contribution in [3.05, 3.63) is 119 Å². The lowest BCUT2D eigenvalue weighted by Crippen LogP contribution is -2.41. The molecule has 0 bridgehead atoms. The third-order valence-corrected chi connectivity index (χ3v) is 9.01. The molecule has 1 amide bonds. The van der Waals surface area contributed by atoms with E-state index in [0.717, 1.165) is 16.9 Å². The first-order chi connectivity index (χ1) is 21.8. The molecule has 4 aromatic rings. The van der Waals surface area contributed by atoms with E-state index in [9.17, 15) is 14.4 Å². The average Bonchev–Trinajstić information content (AvgIpc) is 3.49. The van der Waals surface area contributed by atoms with Gasteiger partial charge in [-0.25, -0.2) is 9.79 Å². The van der Waals surface area contributed by atoms with Gasteiger partial charge in [-0.1, -0.05) is 59.3 Å². The number of thiazole rings is 1. The van der Waals surface area contributed by atoms with Crippen molar-refractivity contribution in [2.24, 2.45) is 4.99 Å². The summed E-state index contributed by atoms with van der Waals surface area (Å²) in [4.78, 5) is 48.7. The third kappa shape index (κ3) is 5.34. The van der Waals surface area contributed by atoms with Crippen LogP contribution in [0.5, 0.6) is 11.5 Å². The molecule has 2 aliphatic rings. The summed E-state index contributed by atoms with van der Waals surface area (Å²) in [6.45, 7) is 6.14. The van der Waals surface area contributed by atoms with Crippen LogP contribution >= 0.6 is 22.9 Å². The van der Waals surface area contributed by atoms with Gasteiger partial charge >= 0.3 is 5.97 Å². The molecule has 6 rings (SSSR count). The van der Waals surface area contributed by atoms with Gasteiger partial charge in [0.2, 0.25) is 0 Å². The van der Waals surface area contributed by atoms with Crippen LogP contribution in [0.25, 0.3) is 5.57 Å². The Hall–Kier alpha value is -4.67. The van der Waals surface area contributed by atoms with Crippen molar-refractivity contribution in [3.8, 4) is 11.5 Å². The quantitative estimate of drug-likeness (QED) is 0.257. The maximum absolute atomic E-state index is 14.5. The number of methoxy groups -OCH3 is 1. The molecule has 0 saturated heterocycles. The molecule has 0 aliphatic carbocycles. The zero-order valence-electron chi connectivity index (χ0n) is 25.1. The fourth-order valence-electron chi connectivity index (χ4n) is 5.72. The SMILES string of the molecule is CCOC(=O)C1=C(C)N=c2s/c(=C3/C(=O)N(Cc4ccc(Cl)cc4)c4ccccc43)c(=O)n2[C@H]1c1ccc(OC)c(OCC)c1. The largest absolute Gasteiger partial charge is 0.493 e. The van der Waals surface area contributed by atoms with Crippen molar-refractivity contribution in [3.63, 3.8) is 0 Å². The fraction of sp³-hybridized carbons (Fsp3) is 0.235. The molecule has 0 unspecified atom stereocenters. The second-order valence-corrected chi connectivity index (χ2v) is 11.8. The average molecular weight is 644 g/mol. The number of fused-ring (bicyclic) bond motifs is 2. The van der Waals surface area contributed by atoms with Crippen molar-refractivity contribution in [2.75, 3.05) is 25.2 Å². The first-order valence-electron chi connectivity index (χ1n) is 14.5. The minimum absolute atomic E-state index is 0.151. The molecule has 0 radical (unpaired) electrons. The van der Waals surface area contributed by atoms with E-state index in [4.69, 9.17) is 25.8 Å². The summed E-state index contributed by atoms with van der Waals surface area (Å²) in [5, 5.41) is 0.603. The predicted molar refractivity (Wildman–Crippen MR) is 173 cm³/mol. The predicted octanol–water partition coefficient (Wildman–Crippen LogP) is 4.78. The van der Waals surface area contributed by atoms with Gasteiger partial charge in [0.25, 0.3) is 11.5 Å². The van der Waals surface area contributed by atoms with Crippen molar-refractivity contribution in [2.45, 2.75) is 33.4 Å². The summed E-state index contributed by atoms with van der Waals surface area (Å²) in [7, 11) is 1.54. The first kappa shape index (κ1) is 30.4. The Labute approximate surface area is 268 Å². The molecule has 3 heterocycles. The van der Waals surface area contributed by atoms with Crippen LogP contribution in [0.15, 0.2) is 87.8 Å². The Kier molecular flexibility index (Phi) is 8.35. The molecule has 2 aliphatic heterocycles. The molecule has 45 heavy (non-hydrogen) atoms. The van der Waals surface area contributed by atoms with Crippen LogP contribution in [-0.4, -0.2) is 36.8 Å². The number of para-hydroxylation sites is 1. The number of esters is 1. The minimum atomic E-state index is -0.878. The zero-order valence-corrected chi connectivity index (χ0v) is 26.7. The molecule has 0 N–H and O–H groups in total. The summed E-state index contributed by atoms with van der Waals surface area (Å²) in [6, 6.07) is 19.1. The molecule has 1 atom stereocenters. The summed E-state index contributed by atoms with van der Waals surface area (Å²) in [5.74, 6) is 0.116. The van der Waals surface area contributed by atoms with Crippen LogP contribution in [0.4, 0.5) is 5.69 Å². The number of benzene rings is 3. The van der Waals surface area contributed by atoms with Crippen LogP contribution in [-0.2, 0) is 20.9 Å². The molecule has 1 aromatic heterocycles. The molecular weight excluding hydrogens is 614 g/mol. The Morgan fingerprint density at radius 1 is 1.00 bits per heavy atom. The zero-order chi connectivity index (χ0) is 31.8. The number of anilines is 1. The number of allylic oxidation sites excluding steroid dienone is 1. The van der Waals surface area contributed by atoms with Gasteiger partial charge in [0.05, 0.1) is 55.4 Å². The highest BCUT2D eigenvalue weighted by atomic mass is 35.5. The van der Waals surface area contributed by atoms with Gasteiger partial charge < -0.3 is 19.1 Å². The standard InChI is InChI=1S/C34H30ClN3O6S/c1-5-43-26-17-21(13-16-25(26)42-4)29-27(33(41)44-6-2)19(3)36-34-38(29)32(40)30(45-34)28-23-9-7-8-10-24(23)37(31(28)39)18-20-11-14-22(35)15-12-20/h7-17,29H,5-6,18H2,1-4H3/b30-28+/t29-/m0/s1. The Bertz CT molecular complexity index is 2050. The van der Waals surface area contributed by atoms with Crippen LogP contribution in [0.1, 0.15) is 43.5 Å². The first-order valence-corrected chi connectivity index (χ1v) is 15.6. The van der Waals surface area contributed by atoms with Crippen LogP contribution in [0.2, 0.25) is 5.02 Å². The van der Waals surface area contributed by atoms with E-state index in [2.05, 4.69) is 4.99 Å². The number of rotatable bonds is 8. The summed E-state index contributed by atoms with van der Waals surface area (Å²) in [5.41, 5.74) is 3.38. The van der Waals surface area contributed by atoms with E-state index in [0.29, 0.717) is 62.6 Å². The summed E-state index contributed by atoms with van der Waals surface area (Å²) >= 11 is 7.21. The second kappa shape index (κ2) is 12.4. The molecular formula is C34H30ClN3O6S. The molecule has 3 aromatic carbocycles. The lowest BCUT2D eigenvalue weighted by Gasteiger charge is -2.25. The molecule has 0 saturated carbocycles. The topological polar surface area (TPSA) is 99.4 Å². The Morgan fingerprint density at radius 3 is 2.47 bits per heavy atom. The molecule has 230 valence electrons. The summed E-state index contributed by atoms with van der Waals surface area (Å²) in [6.07, 6.45) is 0. The van der Waals surface area contributed by atoms with Crippen LogP contribution < -0.4 is 29.3 Å². The summed E-state index contributed by atoms with van der Waals surface area (Å²) < 4.78 is 18.5. The molecule has 11 heteroatoms. The highest BCUT2D eigenvalue weighted by molar-refractivity contribution is 7.07. The number of nitrogens with zero attached hydrogens (tertiary/aromatic N) is 3. The molecule has 0 spiro atoms. The van der Waals surface area contributed by atoms with Gasteiger partial charge in [-0.3, -0.25) is 14.2 Å². The number of hydrogen-bond donors (Lipinski definition) is 0. The van der Waals surface area contributed by atoms with Crippen molar-refractivity contribution >= 4 is 46.1 Å². The number of carbonyl (C=O) groups excluding carboxylic acids is 2. The minimum Gasteiger partial charge on any atom is -0.493 e. The van der Waals surface area contributed by atoms with Crippen LogP contribution in [0.3, 0.4) is 0 Å². The highest BCUT2D eigenvalue weighted by Crippen LogP contribution is 2.38. The maximum Gasteiger partial charge on any atom is 0.338 e. The number of carbonyl (C=O) groups is 2. The van der Waals surface area contributed by atoms with Gasteiger partial charge in [0.1, 0.15) is 4.53 Å². The van der Waals surface area contributed by atoms with Gasteiger partial charge in [-0.2, -0.15) is 0 Å². The van der Waals surface area contributed by atoms with E-state index in [1.807, 2.05) is 43.3 Å².